The molecule has 0 N–H and O–H groups in total. The van der Waals surface area contributed by atoms with Crippen LogP contribution in [0.3, 0.4) is 0 Å². The molecule has 1 fully saturated rings. The van der Waals surface area contributed by atoms with Crippen LogP contribution in [-0.4, -0.2) is 52.9 Å². The minimum absolute atomic E-state index is 0.153. The zero-order chi connectivity index (χ0) is 27.0. The molecule has 0 aromatic heterocycles. The van der Waals surface area contributed by atoms with Gasteiger partial charge in [0.2, 0.25) is 0 Å². The predicted molar refractivity (Wildman–Crippen MR) is 143 cm³/mol. The van der Waals surface area contributed by atoms with Crippen LogP contribution in [0.1, 0.15) is 41.4 Å². The molecule has 38 heavy (non-hydrogen) atoms. The molecule has 3 aromatic carbocycles. The van der Waals surface area contributed by atoms with E-state index in [1.54, 1.807) is 23.0 Å². The van der Waals surface area contributed by atoms with E-state index in [2.05, 4.69) is 18.7 Å². The molecule has 1 saturated heterocycles. The van der Waals surface area contributed by atoms with Gasteiger partial charge in [0.15, 0.2) is 0 Å². The van der Waals surface area contributed by atoms with Gasteiger partial charge >= 0.3 is 0 Å². The number of fused-ring (bicyclic) bond motifs is 2. The van der Waals surface area contributed by atoms with Gasteiger partial charge in [-0.2, -0.15) is 0 Å². The SMILES string of the molecule is COc1cccc(CN2C[C@H]3N(CC(C)C)c4ccc([N+](=O)[O-])cc4C(=O)N3[C@H](c3ccccc3)C2=O)c1. The quantitative estimate of drug-likeness (QED) is 0.337. The van der Waals surface area contributed by atoms with Gasteiger partial charge in [-0.3, -0.25) is 19.7 Å². The van der Waals surface area contributed by atoms with E-state index in [4.69, 9.17) is 4.74 Å². The minimum Gasteiger partial charge on any atom is -0.497 e. The third-order valence-corrected chi connectivity index (χ3v) is 7.04. The van der Waals surface area contributed by atoms with Crippen LogP contribution in [0.2, 0.25) is 0 Å². The number of non-ortho nitro benzene ring substituents is 1. The molecule has 3 aromatic rings. The van der Waals surface area contributed by atoms with Crippen molar-refractivity contribution >= 4 is 23.2 Å². The van der Waals surface area contributed by atoms with Crippen LogP contribution >= 0.6 is 0 Å². The summed E-state index contributed by atoms with van der Waals surface area (Å²) < 4.78 is 5.38. The molecule has 0 saturated carbocycles. The fourth-order valence-corrected chi connectivity index (χ4v) is 5.38. The Hall–Kier alpha value is -4.40. The zero-order valence-electron chi connectivity index (χ0n) is 21.6. The third-order valence-electron chi connectivity index (χ3n) is 7.04. The zero-order valence-corrected chi connectivity index (χ0v) is 21.6. The smallest absolute Gasteiger partial charge is 0.270 e. The molecule has 5 rings (SSSR count). The summed E-state index contributed by atoms with van der Waals surface area (Å²) in [4.78, 5) is 44.7. The van der Waals surface area contributed by atoms with E-state index in [0.717, 1.165) is 5.56 Å². The molecule has 0 spiro atoms. The number of hydrogen-bond donors (Lipinski definition) is 0. The van der Waals surface area contributed by atoms with Crippen molar-refractivity contribution in [3.8, 4) is 5.75 Å². The summed E-state index contributed by atoms with van der Waals surface area (Å²) in [6.07, 6.45) is -0.438. The van der Waals surface area contributed by atoms with Crippen molar-refractivity contribution in [2.45, 2.75) is 32.6 Å². The van der Waals surface area contributed by atoms with Gasteiger partial charge in [0, 0.05) is 25.2 Å². The van der Waals surface area contributed by atoms with Gasteiger partial charge in [-0.1, -0.05) is 56.3 Å². The highest BCUT2D eigenvalue weighted by Gasteiger charge is 2.50. The van der Waals surface area contributed by atoms with Crippen molar-refractivity contribution in [2.75, 3.05) is 25.1 Å². The van der Waals surface area contributed by atoms with Crippen molar-refractivity contribution in [1.29, 1.82) is 0 Å². The summed E-state index contributed by atoms with van der Waals surface area (Å²) in [5.41, 5.74) is 2.36. The normalized spacial score (nSPS) is 18.9. The highest BCUT2D eigenvalue weighted by Crippen LogP contribution is 2.41. The summed E-state index contributed by atoms with van der Waals surface area (Å²) in [7, 11) is 1.60. The van der Waals surface area contributed by atoms with Gasteiger partial charge in [-0.15, -0.1) is 0 Å². The summed E-state index contributed by atoms with van der Waals surface area (Å²) in [5, 5.41) is 11.5. The molecule has 9 nitrogen and oxygen atoms in total. The minimum atomic E-state index is -0.866. The lowest BCUT2D eigenvalue weighted by molar-refractivity contribution is -0.384. The number of hydrogen-bond acceptors (Lipinski definition) is 6. The van der Waals surface area contributed by atoms with Crippen molar-refractivity contribution in [3.63, 3.8) is 0 Å². The first kappa shape index (κ1) is 25.3. The first-order valence-electron chi connectivity index (χ1n) is 12.6. The Balaban J connectivity index is 1.63. The molecule has 0 aliphatic carbocycles. The van der Waals surface area contributed by atoms with Gasteiger partial charge < -0.3 is 19.4 Å². The van der Waals surface area contributed by atoms with Crippen LogP contribution in [-0.2, 0) is 11.3 Å². The molecule has 0 unspecified atom stereocenters. The number of anilines is 1. The number of methoxy groups -OCH3 is 1. The number of carbonyl (C=O) groups is 2. The largest absolute Gasteiger partial charge is 0.497 e. The number of piperazine rings is 1. The standard InChI is InChI=1S/C29H30N4O5/c1-19(2)16-31-25-13-12-22(33(36)37)15-24(25)28(34)32-26(31)18-30(17-20-8-7-11-23(14-20)38-3)29(35)27(32)21-9-5-4-6-10-21/h4-15,19,26-27H,16-18H2,1-3H3/t26-,27+/m0/s1. The van der Waals surface area contributed by atoms with Crippen molar-refractivity contribution in [3.05, 3.63) is 99.6 Å². The fourth-order valence-electron chi connectivity index (χ4n) is 5.38. The summed E-state index contributed by atoms with van der Waals surface area (Å²) >= 11 is 0. The summed E-state index contributed by atoms with van der Waals surface area (Å²) in [6, 6.07) is 20.4. The van der Waals surface area contributed by atoms with Crippen molar-refractivity contribution in [2.24, 2.45) is 5.92 Å². The lowest BCUT2D eigenvalue weighted by Gasteiger charge is -2.53. The van der Waals surface area contributed by atoms with Crippen LogP contribution in [0, 0.1) is 16.0 Å². The number of ether oxygens (including phenoxy) is 1. The van der Waals surface area contributed by atoms with E-state index in [-0.39, 0.29) is 29.0 Å². The monoisotopic (exact) mass is 514 g/mol. The Morgan fingerprint density at radius 2 is 1.79 bits per heavy atom. The highest BCUT2D eigenvalue weighted by molar-refractivity contribution is 6.05. The topological polar surface area (TPSA) is 96.2 Å². The predicted octanol–water partition coefficient (Wildman–Crippen LogP) is 4.63. The van der Waals surface area contributed by atoms with Crippen LogP contribution < -0.4 is 9.64 Å². The van der Waals surface area contributed by atoms with Gasteiger partial charge in [0.1, 0.15) is 18.0 Å². The molecule has 0 bridgehead atoms. The van der Waals surface area contributed by atoms with Gasteiger partial charge in [-0.25, -0.2) is 0 Å². The molecule has 2 amide bonds. The highest BCUT2D eigenvalue weighted by atomic mass is 16.6. The van der Waals surface area contributed by atoms with E-state index in [0.29, 0.717) is 36.6 Å². The average molecular weight is 515 g/mol. The van der Waals surface area contributed by atoms with Crippen LogP contribution in [0.15, 0.2) is 72.8 Å². The van der Waals surface area contributed by atoms with Gasteiger partial charge in [0.05, 0.1) is 29.8 Å². The van der Waals surface area contributed by atoms with Crippen LogP contribution in [0.5, 0.6) is 5.75 Å². The van der Waals surface area contributed by atoms with E-state index in [9.17, 15) is 19.7 Å². The van der Waals surface area contributed by atoms with E-state index < -0.39 is 17.1 Å². The average Bonchev–Trinajstić information content (AvgIpc) is 2.92. The second-order valence-corrected chi connectivity index (χ2v) is 10.1. The number of nitro benzene ring substituents is 1. The molecule has 2 atom stereocenters. The Labute approximate surface area is 221 Å². The van der Waals surface area contributed by atoms with E-state index >= 15 is 0 Å². The first-order chi connectivity index (χ1) is 18.3. The molecule has 9 heteroatoms. The molecule has 2 aliphatic heterocycles. The van der Waals surface area contributed by atoms with Crippen molar-refractivity contribution < 1.29 is 19.2 Å². The third kappa shape index (κ3) is 4.55. The molecule has 196 valence electrons. The Morgan fingerprint density at radius 1 is 1.03 bits per heavy atom. The number of carbonyl (C=O) groups excluding carboxylic acids is 2. The molecule has 2 heterocycles. The number of rotatable bonds is 7. The Morgan fingerprint density at radius 3 is 2.47 bits per heavy atom. The molecular weight excluding hydrogens is 484 g/mol. The van der Waals surface area contributed by atoms with Crippen LogP contribution in [0.4, 0.5) is 11.4 Å². The molecule has 2 aliphatic rings. The second kappa shape index (κ2) is 10.2. The van der Waals surface area contributed by atoms with Gasteiger partial charge in [-0.05, 0) is 35.2 Å². The summed E-state index contributed by atoms with van der Waals surface area (Å²) in [5.74, 6) is 0.379. The number of nitrogens with zero attached hydrogens (tertiary/aromatic N) is 4. The number of amides is 2. The van der Waals surface area contributed by atoms with Crippen molar-refractivity contribution in [1.82, 2.24) is 9.80 Å². The Bertz CT molecular complexity index is 1380. The maximum absolute atomic E-state index is 14.1. The summed E-state index contributed by atoms with van der Waals surface area (Å²) in [6.45, 7) is 5.45. The maximum Gasteiger partial charge on any atom is 0.270 e. The van der Waals surface area contributed by atoms with E-state index in [1.807, 2.05) is 54.6 Å². The lowest BCUT2D eigenvalue weighted by atomic mass is 9.94. The molecular formula is C29H30N4O5. The van der Waals surface area contributed by atoms with Gasteiger partial charge in [0.25, 0.3) is 17.5 Å². The second-order valence-electron chi connectivity index (χ2n) is 10.1. The Kier molecular flexibility index (Phi) is 6.75. The lowest BCUT2D eigenvalue weighted by Crippen LogP contribution is -2.67. The fraction of sp³-hybridized carbons (Fsp3) is 0.310. The molecule has 0 radical (unpaired) electrons. The van der Waals surface area contributed by atoms with Crippen LogP contribution in [0.25, 0.3) is 0 Å². The van der Waals surface area contributed by atoms with E-state index in [1.165, 1.54) is 12.1 Å². The first-order valence-corrected chi connectivity index (χ1v) is 12.6. The number of nitro groups is 1. The number of benzene rings is 3. The maximum atomic E-state index is 14.1.